The van der Waals surface area contributed by atoms with Gasteiger partial charge in [0.25, 0.3) is 0 Å². The molecule has 126 valence electrons. The van der Waals surface area contributed by atoms with Crippen molar-refractivity contribution in [1.29, 1.82) is 0 Å². The number of carbonyl (C=O) groups excluding carboxylic acids is 1. The van der Waals surface area contributed by atoms with Crippen LogP contribution >= 0.6 is 0 Å². The van der Waals surface area contributed by atoms with Gasteiger partial charge in [0.05, 0.1) is 18.6 Å². The van der Waals surface area contributed by atoms with Crippen LogP contribution in [0.4, 0.5) is 13.2 Å². The third-order valence-corrected chi connectivity index (χ3v) is 4.38. The first-order chi connectivity index (χ1) is 10.8. The normalized spacial score (nSPS) is 26.8. The second-order valence-electron chi connectivity index (χ2n) is 6.18. The van der Waals surface area contributed by atoms with Gasteiger partial charge >= 0.3 is 12.1 Å². The summed E-state index contributed by atoms with van der Waals surface area (Å²) in [6, 6.07) is 5.76. The van der Waals surface area contributed by atoms with Crippen LogP contribution in [0.5, 0.6) is 0 Å². The highest BCUT2D eigenvalue weighted by molar-refractivity contribution is 5.75. The number of carbonyl (C=O) groups is 1. The maximum atomic E-state index is 12.5. The van der Waals surface area contributed by atoms with Crippen LogP contribution in [-0.4, -0.2) is 31.0 Å². The third-order valence-electron chi connectivity index (χ3n) is 4.38. The number of nitrogens with one attached hydrogen (secondary N) is 1. The van der Waals surface area contributed by atoms with Crippen LogP contribution in [-0.2, 0) is 20.9 Å². The Bertz CT molecular complexity index is 615. The Labute approximate surface area is 132 Å². The lowest BCUT2D eigenvalue weighted by Gasteiger charge is -2.32. The molecule has 2 aliphatic heterocycles. The van der Waals surface area contributed by atoms with E-state index in [0.29, 0.717) is 13.2 Å². The molecule has 0 saturated carbocycles. The van der Waals surface area contributed by atoms with Gasteiger partial charge < -0.3 is 9.47 Å². The molecule has 3 rings (SSSR count). The maximum absolute atomic E-state index is 12.5. The summed E-state index contributed by atoms with van der Waals surface area (Å²) in [5.41, 5.74) is 2.99. The van der Waals surface area contributed by atoms with Crippen LogP contribution in [0.15, 0.2) is 18.2 Å². The fourth-order valence-corrected chi connectivity index (χ4v) is 3.34. The second kappa shape index (κ2) is 5.79. The minimum Gasteiger partial charge on any atom is -0.439 e. The zero-order valence-corrected chi connectivity index (χ0v) is 12.8. The quantitative estimate of drug-likeness (QED) is 0.848. The minimum absolute atomic E-state index is 0.274. The van der Waals surface area contributed by atoms with Crippen LogP contribution < -0.4 is 5.32 Å². The molecule has 4 nitrogen and oxygen atoms in total. The summed E-state index contributed by atoms with van der Waals surface area (Å²) in [6.45, 7) is 4.88. The molecule has 3 unspecified atom stereocenters. The van der Waals surface area contributed by atoms with Gasteiger partial charge in [-0.05, 0) is 22.6 Å². The number of esters is 1. The van der Waals surface area contributed by atoms with Crippen molar-refractivity contribution in [3.63, 3.8) is 0 Å². The van der Waals surface area contributed by atoms with Crippen LogP contribution in [0.25, 0.3) is 0 Å². The fraction of sp³-hybridized carbons (Fsp3) is 0.562. The zero-order chi connectivity index (χ0) is 16.8. The van der Waals surface area contributed by atoms with E-state index in [0.717, 1.165) is 16.7 Å². The molecular formula is C16H18F3NO3. The molecule has 0 aliphatic carbocycles. The molecule has 0 radical (unpaired) electrons. The first-order valence-corrected chi connectivity index (χ1v) is 7.53. The lowest BCUT2D eigenvalue weighted by molar-refractivity contribution is -0.206. The molecule has 1 saturated heterocycles. The van der Waals surface area contributed by atoms with Crippen LogP contribution in [0.2, 0.25) is 0 Å². The van der Waals surface area contributed by atoms with Gasteiger partial charge in [-0.2, -0.15) is 13.2 Å². The largest absolute Gasteiger partial charge is 0.490 e. The summed E-state index contributed by atoms with van der Waals surface area (Å²) >= 11 is 0. The maximum Gasteiger partial charge on any atom is 0.490 e. The Morgan fingerprint density at radius 1 is 1.39 bits per heavy atom. The molecule has 0 aromatic heterocycles. The predicted molar refractivity (Wildman–Crippen MR) is 75.8 cm³/mol. The average Bonchev–Trinajstić information content (AvgIpc) is 2.89. The van der Waals surface area contributed by atoms with Crippen molar-refractivity contribution in [3.05, 3.63) is 34.9 Å². The summed E-state index contributed by atoms with van der Waals surface area (Å²) in [4.78, 5) is 11.2. The van der Waals surface area contributed by atoms with Crippen molar-refractivity contribution in [1.82, 2.24) is 5.32 Å². The molecule has 0 amide bonds. The van der Waals surface area contributed by atoms with Crippen LogP contribution in [0.3, 0.4) is 0 Å². The number of alkyl halides is 3. The molecule has 1 aromatic rings. The highest BCUT2D eigenvalue weighted by atomic mass is 19.4. The number of halogens is 3. The summed E-state index contributed by atoms with van der Waals surface area (Å²) < 4.78 is 47.8. The molecule has 2 heterocycles. The Hall–Kier alpha value is -1.60. The number of benzene rings is 1. The van der Waals surface area contributed by atoms with Crippen LogP contribution in [0.1, 0.15) is 42.4 Å². The molecule has 23 heavy (non-hydrogen) atoms. The second-order valence-corrected chi connectivity index (χ2v) is 6.18. The molecule has 1 N–H and O–H groups in total. The van der Waals surface area contributed by atoms with Crippen molar-refractivity contribution in [2.24, 2.45) is 0 Å². The van der Waals surface area contributed by atoms with Gasteiger partial charge in [-0.15, -0.1) is 0 Å². The number of hydrogen-bond acceptors (Lipinski definition) is 4. The molecule has 3 atom stereocenters. The Balaban J connectivity index is 1.91. The lowest BCUT2D eigenvalue weighted by Crippen LogP contribution is -2.38. The first kappa shape index (κ1) is 16.3. The fourth-order valence-electron chi connectivity index (χ4n) is 3.34. The van der Waals surface area contributed by atoms with E-state index in [-0.39, 0.29) is 12.0 Å². The summed E-state index contributed by atoms with van der Waals surface area (Å²) in [7, 11) is 0. The predicted octanol–water partition coefficient (Wildman–Crippen LogP) is 2.83. The van der Waals surface area contributed by atoms with Crippen molar-refractivity contribution in [2.75, 3.05) is 6.54 Å². The molecule has 1 aromatic carbocycles. The molecule has 0 bridgehead atoms. The molecule has 2 aliphatic rings. The Morgan fingerprint density at radius 3 is 2.78 bits per heavy atom. The zero-order valence-electron chi connectivity index (χ0n) is 12.8. The van der Waals surface area contributed by atoms with E-state index in [9.17, 15) is 18.0 Å². The van der Waals surface area contributed by atoms with Gasteiger partial charge in [0.2, 0.25) is 0 Å². The summed E-state index contributed by atoms with van der Waals surface area (Å²) in [5, 5.41) is 2.82. The van der Waals surface area contributed by atoms with Gasteiger partial charge in [0.15, 0.2) is 6.23 Å². The van der Waals surface area contributed by atoms with E-state index in [4.69, 9.17) is 4.74 Å². The van der Waals surface area contributed by atoms with Crippen molar-refractivity contribution in [3.8, 4) is 0 Å². The monoisotopic (exact) mass is 329 g/mol. The summed E-state index contributed by atoms with van der Waals surface area (Å²) in [6.07, 6.45) is -6.33. The van der Waals surface area contributed by atoms with E-state index in [1.165, 1.54) is 0 Å². The molecule has 1 fully saturated rings. The van der Waals surface area contributed by atoms with Gasteiger partial charge in [-0.1, -0.05) is 32.0 Å². The number of hydrogen-bond donors (Lipinski definition) is 1. The van der Waals surface area contributed by atoms with Crippen molar-refractivity contribution in [2.45, 2.75) is 50.8 Å². The van der Waals surface area contributed by atoms with Crippen molar-refractivity contribution < 1.29 is 27.4 Å². The van der Waals surface area contributed by atoms with E-state index in [2.05, 4.69) is 23.9 Å². The van der Waals surface area contributed by atoms with Gasteiger partial charge in [-0.3, -0.25) is 5.32 Å². The topological polar surface area (TPSA) is 47.6 Å². The highest BCUT2D eigenvalue weighted by Crippen LogP contribution is 2.40. The highest BCUT2D eigenvalue weighted by Gasteiger charge is 2.48. The Morgan fingerprint density at radius 2 is 2.13 bits per heavy atom. The first-order valence-electron chi connectivity index (χ1n) is 7.53. The smallest absolute Gasteiger partial charge is 0.439 e. The summed E-state index contributed by atoms with van der Waals surface area (Å²) in [5.74, 6) is -2.33. The van der Waals surface area contributed by atoms with E-state index in [1.54, 1.807) is 0 Å². The molecule has 7 heteroatoms. The molecular weight excluding hydrogens is 311 g/mol. The number of fused-ring (bicyclic) bond motifs is 3. The lowest BCUT2D eigenvalue weighted by atomic mass is 9.84. The van der Waals surface area contributed by atoms with E-state index >= 15 is 0 Å². The standard InChI is InChI=1S/C16H18F3NO3/c1-8(2)9-4-3-5-10-11(9)7-22-12-6-20-14(13(10)12)23-15(21)16(17,18)19/h3-5,8,12-14,20H,6-7H2,1-2H3. The van der Waals surface area contributed by atoms with Gasteiger partial charge in [-0.25, -0.2) is 4.79 Å². The molecule has 0 spiro atoms. The van der Waals surface area contributed by atoms with Crippen LogP contribution in [0, 0.1) is 0 Å². The minimum atomic E-state index is -5.00. The average molecular weight is 329 g/mol. The van der Waals surface area contributed by atoms with E-state index in [1.807, 2.05) is 18.2 Å². The Kier molecular flexibility index (Phi) is 4.10. The number of ether oxygens (including phenoxy) is 2. The van der Waals surface area contributed by atoms with E-state index < -0.39 is 24.3 Å². The van der Waals surface area contributed by atoms with Gasteiger partial charge in [0, 0.05) is 6.54 Å². The number of rotatable bonds is 2. The van der Waals surface area contributed by atoms with Crippen molar-refractivity contribution >= 4 is 5.97 Å². The third kappa shape index (κ3) is 2.95. The van der Waals surface area contributed by atoms with Gasteiger partial charge in [0.1, 0.15) is 0 Å². The SMILES string of the molecule is CC(C)c1cccc2c1COC1CNC(OC(=O)C(F)(F)F)C21.